The summed E-state index contributed by atoms with van der Waals surface area (Å²) in [6.45, 7) is 0.515. The van der Waals surface area contributed by atoms with Gasteiger partial charge in [-0.3, -0.25) is 0 Å². The van der Waals surface area contributed by atoms with Gasteiger partial charge in [0, 0.05) is 19.7 Å². The van der Waals surface area contributed by atoms with E-state index in [0.717, 1.165) is 5.56 Å². The van der Waals surface area contributed by atoms with Gasteiger partial charge in [-0.2, -0.15) is 5.26 Å². The molecule has 0 atom stereocenters. The van der Waals surface area contributed by atoms with E-state index in [1.807, 2.05) is 17.0 Å². The number of benzene rings is 2. The Morgan fingerprint density at radius 3 is 2.80 bits per heavy atom. The second-order valence-corrected chi connectivity index (χ2v) is 4.90. The fraction of sp³-hybridized carbons (Fsp3) is 0.133. The standard InChI is InChI=1S/C15H13ClFN3/c1-20(9-11-4-2-3-10(5-11)8-18)15-7-13(17)12(16)6-14(15)19/h2-7H,9,19H2,1H3. The fourth-order valence-corrected chi connectivity index (χ4v) is 2.15. The van der Waals surface area contributed by atoms with Crippen LogP contribution in [0.5, 0.6) is 0 Å². The summed E-state index contributed by atoms with van der Waals surface area (Å²) in [5.74, 6) is -0.506. The largest absolute Gasteiger partial charge is 0.397 e. The van der Waals surface area contributed by atoms with Gasteiger partial charge >= 0.3 is 0 Å². The van der Waals surface area contributed by atoms with Crippen molar-refractivity contribution in [3.8, 4) is 6.07 Å². The summed E-state index contributed by atoms with van der Waals surface area (Å²) < 4.78 is 13.5. The summed E-state index contributed by atoms with van der Waals surface area (Å²) in [5, 5.41) is 8.88. The number of nitrogens with two attached hydrogens (primary N) is 1. The summed E-state index contributed by atoms with van der Waals surface area (Å²) in [4.78, 5) is 1.81. The van der Waals surface area contributed by atoms with E-state index in [2.05, 4.69) is 6.07 Å². The Hall–Kier alpha value is -2.25. The van der Waals surface area contributed by atoms with Crippen LogP contribution in [0.1, 0.15) is 11.1 Å². The van der Waals surface area contributed by atoms with Gasteiger partial charge in [0.05, 0.1) is 28.0 Å². The van der Waals surface area contributed by atoms with Crippen molar-refractivity contribution in [1.82, 2.24) is 0 Å². The normalized spacial score (nSPS) is 10.1. The molecule has 0 amide bonds. The van der Waals surface area contributed by atoms with Crippen LogP contribution >= 0.6 is 11.6 Å². The van der Waals surface area contributed by atoms with Gasteiger partial charge in [0.2, 0.25) is 0 Å². The molecule has 3 nitrogen and oxygen atoms in total. The van der Waals surface area contributed by atoms with E-state index in [1.165, 1.54) is 12.1 Å². The highest BCUT2D eigenvalue weighted by atomic mass is 35.5. The number of nitriles is 1. The van der Waals surface area contributed by atoms with Crippen molar-refractivity contribution in [3.05, 3.63) is 58.4 Å². The number of hydrogen-bond donors (Lipinski definition) is 1. The molecule has 2 aromatic rings. The maximum absolute atomic E-state index is 13.5. The average molecular weight is 290 g/mol. The Balaban J connectivity index is 2.26. The smallest absolute Gasteiger partial charge is 0.144 e. The molecule has 0 saturated carbocycles. The molecular formula is C15H13ClFN3. The molecule has 2 rings (SSSR count). The van der Waals surface area contributed by atoms with E-state index in [1.54, 1.807) is 19.2 Å². The highest BCUT2D eigenvalue weighted by Crippen LogP contribution is 2.29. The predicted octanol–water partition coefficient (Wildman–Crippen LogP) is 3.57. The number of nitrogens with zero attached hydrogens (tertiary/aromatic N) is 2. The molecule has 102 valence electrons. The number of hydrogen-bond acceptors (Lipinski definition) is 3. The van der Waals surface area contributed by atoms with Crippen molar-refractivity contribution >= 4 is 23.0 Å². The third-order valence-electron chi connectivity index (χ3n) is 2.96. The van der Waals surface area contributed by atoms with Gasteiger partial charge in [-0.15, -0.1) is 0 Å². The zero-order chi connectivity index (χ0) is 14.7. The van der Waals surface area contributed by atoms with Crippen molar-refractivity contribution in [2.75, 3.05) is 17.7 Å². The Morgan fingerprint density at radius 2 is 2.10 bits per heavy atom. The van der Waals surface area contributed by atoms with E-state index in [-0.39, 0.29) is 5.02 Å². The molecule has 0 aliphatic heterocycles. The zero-order valence-electron chi connectivity index (χ0n) is 10.9. The molecule has 0 fully saturated rings. The van der Waals surface area contributed by atoms with Crippen molar-refractivity contribution < 1.29 is 4.39 Å². The summed E-state index contributed by atoms with van der Waals surface area (Å²) in [6, 6.07) is 12.0. The second kappa shape index (κ2) is 5.81. The van der Waals surface area contributed by atoms with Crippen LogP contribution in [-0.2, 0) is 6.54 Å². The topological polar surface area (TPSA) is 53.0 Å². The van der Waals surface area contributed by atoms with Crippen LogP contribution < -0.4 is 10.6 Å². The predicted molar refractivity (Wildman–Crippen MR) is 79.1 cm³/mol. The van der Waals surface area contributed by atoms with Crippen molar-refractivity contribution in [2.24, 2.45) is 0 Å². The third-order valence-corrected chi connectivity index (χ3v) is 3.25. The van der Waals surface area contributed by atoms with Crippen molar-refractivity contribution in [2.45, 2.75) is 6.54 Å². The van der Waals surface area contributed by atoms with E-state index >= 15 is 0 Å². The molecule has 0 spiro atoms. The van der Waals surface area contributed by atoms with E-state index in [0.29, 0.717) is 23.5 Å². The first-order chi connectivity index (χ1) is 9.51. The number of anilines is 2. The summed E-state index contributed by atoms with van der Waals surface area (Å²) in [7, 11) is 1.80. The van der Waals surface area contributed by atoms with Crippen LogP contribution in [0.25, 0.3) is 0 Å². The maximum atomic E-state index is 13.5. The molecule has 0 heterocycles. The molecule has 0 aliphatic carbocycles. The molecule has 5 heteroatoms. The van der Waals surface area contributed by atoms with Crippen LogP contribution in [0.4, 0.5) is 15.8 Å². The van der Waals surface area contributed by atoms with Crippen LogP contribution in [0.2, 0.25) is 5.02 Å². The lowest BCUT2D eigenvalue weighted by atomic mass is 10.1. The number of halogens is 2. The maximum Gasteiger partial charge on any atom is 0.144 e. The number of nitrogen functional groups attached to an aromatic ring is 1. The van der Waals surface area contributed by atoms with E-state index < -0.39 is 5.82 Å². The molecule has 0 saturated heterocycles. The monoisotopic (exact) mass is 289 g/mol. The van der Waals surface area contributed by atoms with Gasteiger partial charge in [0.25, 0.3) is 0 Å². The molecule has 0 unspecified atom stereocenters. The molecule has 2 aromatic carbocycles. The van der Waals surface area contributed by atoms with Crippen LogP contribution in [0.15, 0.2) is 36.4 Å². The van der Waals surface area contributed by atoms with E-state index in [4.69, 9.17) is 22.6 Å². The first kappa shape index (κ1) is 14.2. The van der Waals surface area contributed by atoms with Crippen LogP contribution in [-0.4, -0.2) is 7.05 Å². The molecule has 0 radical (unpaired) electrons. The molecule has 0 aliphatic rings. The van der Waals surface area contributed by atoms with Gasteiger partial charge < -0.3 is 10.6 Å². The molecule has 0 bridgehead atoms. The highest BCUT2D eigenvalue weighted by Gasteiger charge is 2.11. The van der Waals surface area contributed by atoms with Gasteiger partial charge in [-0.1, -0.05) is 23.7 Å². The van der Waals surface area contributed by atoms with Gasteiger partial charge in [-0.25, -0.2) is 4.39 Å². The molecule has 0 aromatic heterocycles. The summed E-state index contributed by atoms with van der Waals surface area (Å²) in [6.07, 6.45) is 0. The summed E-state index contributed by atoms with van der Waals surface area (Å²) in [5.41, 5.74) is 8.37. The van der Waals surface area contributed by atoms with Crippen molar-refractivity contribution in [3.63, 3.8) is 0 Å². The van der Waals surface area contributed by atoms with Gasteiger partial charge in [0.15, 0.2) is 0 Å². The van der Waals surface area contributed by atoms with Gasteiger partial charge in [-0.05, 0) is 23.8 Å². The lowest BCUT2D eigenvalue weighted by molar-refractivity contribution is 0.628. The molecular weight excluding hydrogens is 277 g/mol. The minimum absolute atomic E-state index is 0.00567. The lowest BCUT2D eigenvalue weighted by Gasteiger charge is -2.21. The van der Waals surface area contributed by atoms with E-state index in [9.17, 15) is 4.39 Å². The fourth-order valence-electron chi connectivity index (χ4n) is 1.98. The average Bonchev–Trinajstić information content (AvgIpc) is 2.43. The second-order valence-electron chi connectivity index (χ2n) is 4.49. The Labute approximate surface area is 122 Å². The van der Waals surface area contributed by atoms with Gasteiger partial charge in [0.1, 0.15) is 5.82 Å². The first-order valence-corrected chi connectivity index (χ1v) is 6.33. The minimum atomic E-state index is -0.506. The zero-order valence-corrected chi connectivity index (χ0v) is 11.7. The first-order valence-electron chi connectivity index (χ1n) is 5.96. The SMILES string of the molecule is CN(Cc1cccc(C#N)c1)c1cc(F)c(Cl)cc1N. The van der Waals surface area contributed by atoms with Crippen LogP contribution in [0, 0.1) is 17.1 Å². The Bertz CT molecular complexity index is 679. The highest BCUT2D eigenvalue weighted by molar-refractivity contribution is 6.31. The number of rotatable bonds is 3. The molecule has 20 heavy (non-hydrogen) atoms. The third kappa shape index (κ3) is 3.01. The quantitative estimate of drug-likeness (QED) is 0.879. The summed E-state index contributed by atoms with van der Waals surface area (Å²) >= 11 is 5.68. The van der Waals surface area contributed by atoms with Crippen molar-refractivity contribution in [1.29, 1.82) is 5.26 Å². The van der Waals surface area contributed by atoms with Crippen LogP contribution in [0.3, 0.4) is 0 Å². The minimum Gasteiger partial charge on any atom is -0.397 e. The molecule has 2 N–H and O–H groups in total. The Kier molecular flexibility index (Phi) is 4.11. The lowest BCUT2D eigenvalue weighted by Crippen LogP contribution is -2.18. The Morgan fingerprint density at radius 1 is 1.35 bits per heavy atom.